The van der Waals surface area contributed by atoms with Crippen molar-refractivity contribution in [1.82, 2.24) is 29.4 Å². The number of hydrogen-bond donors (Lipinski definition) is 0. The maximum Gasteiger partial charge on any atom is 0.271 e. The van der Waals surface area contributed by atoms with Gasteiger partial charge in [0.2, 0.25) is 0 Å². The van der Waals surface area contributed by atoms with Crippen LogP contribution in [0.3, 0.4) is 0 Å². The first-order valence-corrected chi connectivity index (χ1v) is 9.70. The van der Waals surface area contributed by atoms with Crippen molar-refractivity contribution in [2.45, 2.75) is 40.7 Å². The van der Waals surface area contributed by atoms with Gasteiger partial charge >= 0.3 is 0 Å². The number of likely N-dealkylation sites (N-methyl/N-ethyl adjacent to an activating group) is 1. The molecule has 0 radical (unpaired) electrons. The second-order valence-corrected chi connectivity index (χ2v) is 8.02. The number of aromatic nitrogens is 5. The summed E-state index contributed by atoms with van der Waals surface area (Å²) >= 11 is 0. The quantitative estimate of drug-likeness (QED) is 0.700. The van der Waals surface area contributed by atoms with Crippen LogP contribution in [0.2, 0.25) is 0 Å². The monoisotopic (exact) mass is 378 g/mol. The van der Waals surface area contributed by atoms with Crippen molar-refractivity contribution in [1.29, 1.82) is 0 Å². The zero-order valence-corrected chi connectivity index (χ0v) is 17.1. The van der Waals surface area contributed by atoms with Gasteiger partial charge in [0.25, 0.3) is 5.91 Å². The van der Waals surface area contributed by atoms with E-state index < -0.39 is 0 Å². The van der Waals surface area contributed by atoms with Crippen LogP contribution in [0, 0.1) is 19.8 Å². The number of carbonyl (C=O) groups is 1. The van der Waals surface area contributed by atoms with Crippen molar-refractivity contribution in [3.63, 3.8) is 0 Å². The van der Waals surface area contributed by atoms with E-state index in [9.17, 15) is 4.79 Å². The van der Waals surface area contributed by atoms with Crippen LogP contribution >= 0.6 is 0 Å². The van der Waals surface area contributed by atoms with Gasteiger partial charge in [-0.2, -0.15) is 10.2 Å². The van der Waals surface area contributed by atoms with E-state index in [1.165, 1.54) is 5.56 Å². The van der Waals surface area contributed by atoms with Crippen molar-refractivity contribution in [2.24, 2.45) is 5.92 Å². The normalized spacial score (nSPS) is 14.1. The Morgan fingerprint density at radius 1 is 1.11 bits per heavy atom. The number of nitrogens with zero attached hydrogens (tertiary/aromatic N) is 6. The van der Waals surface area contributed by atoms with E-state index in [0.717, 1.165) is 23.5 Å². The number of benzene rings is 1. The van der Waals surface area contributed by atoms with Gasteiger partial charge in [-0.15, -0.1) is 0 Å². The van der Waals surface area contributed by atoms with Gasteiger partial charge in [0.05, 0.1) is 12.2 Å². The van der Waals surface area contributed by atoms with Gasteiger partial charge < -0.3 is 4.90 Å². The van der Waals surface area contributed by atoms with Crippen LogP contribution in [0.1, 0.15) is 41.3 Å². The summed E-state index contributed by atoms with van der Waals surface area (Å²) in [5, 5.41) is 9.47. The molecule has 4 rings (SSSR count). The van der Waals surface area contributed by atoms with Gasteiger partial charge in [0.15, 0.2) is 11.6 Å². The lowest BCUT2D eigenvalue weighted by Crippen LogP contribution is -2.37. The molecule has 1 aliphatic rings. The molecule has 3 heterocycles. The topological polar surface area (TPSA) is 68.8 Å². The summed E-state index contributed by atoms with van der Waals surface area (Å²) in [6.45, 7) is 9.81. The first-order chi connectivity index (χ1) is 13.3. The molecule has 146 valence electrons. The van der Waals surface area contributed by atoms with Crippen LogP contribution in [-0.4, -0.2) is 48.9 Å². The lowest BCUT2D eigenvalue weighted by atomic mass is 10.1. The molecule has 0 N–H and O–H groups in total. The second-order valence-electron chi connectivity index (χ2n) is 8.02. The average molecular weight is 378 g/mol. The molecule has 7 nitrogen and oxygen atoms in total. The first kappa shape index (κ1) is 18.4. The molecule has 0 aliphatic carbocycles. The van der Waals surface area contributed by atoms with E-state index in [1.807, 2.05) is 17.8 Å². The van der Waals surface area contributed by atoms with Crippen molar-refractivity contribution in [3.8, 4) is 17.2 Å². The Bertz CT molecular complexity index is 1050. The molecule has 1 amide bonds. The molecule has 3 aromatic rings. The van der Waals surface area contributed by atoms with Gasteiger partial charge in [0, 0.05) is 26.1 Å². The number of hydrogen-bond acceptors (Lipinski definition) is 4. The number of rotatable bonds is 4. The van der Waals surface area contributed by atoms with Crippen LogP contribution < -0.4 is 0 Å². The molecule has 0 spiro atoms. The Morgan fingerprint density at radius 2 is 1.89 bits per heavy atom. The Labute approximate surface area is 165 Å². The number of carbonyl (C=O) groups excluding carboxylic acids is 1. The third-order valence-corrected chi connectivity index (χ3v) is 5.04. The maximum atomic E-state index is 12.5. The zero-order valence-electron chi connectivity index (χ0n) is 17.1. The summed E-state index contributed by atoms with van der Waals surface area (Å²) in [4.78, 5) is 19.0. The zero-order chi connectivity index (χ0) is 20.0. The van der Waals surface area contributed by atoms with Gasteiger partial charge in [-0.25, -0.2) is 9.67 Å². The predicted octanol–water partition coefficient (Wildman–Crippen LogP) is 3.03. The second kappa shape index (κ2) is 6.89. The molecule has 0 saturated carbocycles. The Morgan fingerprint density at radius 3 is 2.61 bits per heavy atom. The lowest BCUT2D eigenvalue weighted by Gasteiger charge is -2.22. The molecule has 1 aromatic carbocycles. The first-order valence-electron chi connectivity index (χ1n) is 9.70. The van der Waals surface area contributed by atoms with Crippen LogP contribution in [0.15, 0.2) is 24.3 Å². The summed E-state index contributed by atoms with van der Waals surface area (Å²) in [5.41, 5.74) is 4.60. The van der Waals surface area contributed by atoms with Crippen molar-refractivity contribution < 1.29 is 4.79 Å². The highest BCUT2D eigenvalue weighted by Gasteiger charge is 2.26. The third kappa shape index (κ3) is 3.21. The third-order valence-electron chi connectivity index (χ3n) is 5.04. The molecule has 7 heteroatoms. The Hall–Kier alpha value is -2.96. The van der Waals surface area contributed by atoms with E-state index in [1.54, 1.807) is 9.58 Å². The fourth-order valence-electron chi connectivity index (χ4n) is 3.59. The molecule has 0 saturated heterocycles. The number of amides is 1. The van der Waals surface area contributed by atoms with Gasteiger partial charge in [0.1, 0.15) is 11.4 Å². The van der Waals surface area contributed by atoms with E-state index in [-0.39, 0.29) is 5.91 Å². The minimum Gasteiger partial charge on any atom is -0.339 e. The number of aryl methyl sites for hydroxylation is 2. The molecule has 0 unspecified atom stereocenters. The molecular weight excluding hydrogens is 352 g/mol. The largest absolute Gasteiger partial charge is 0.339 e. The average Bonchev–Trinajstić information content (AvgIpc) is 3.22. The predicted molar refractivity (Wildman–Crippen MR) is 108 cm³/mol. The van der Waals surface area contributed by atoms with Crippen molar-refractivity contribution in [3.05, 3.63) is 46.9 Å². The van der Waals surface area contributed by atoms with Crippen LogP contribution in [0.25, 0.3) is 17.2 Å². The molecule has 0 atom stereocenters. The van der Waals surface area contributed by atoms with E-state index in [0.29, 0.717) is 36.2 Å². The minimum absolute atomic E-state index is 0.00927. The Balaban J connectivity index is 1.85. The molecule has 1 aliphatic heterocycles. The van der Waals surface area contributed by atoms with Crippen LogP contribution in [0.4, 0.5) is 0 Å². The highest BCUT2D eigenvalue weighted by Crippen LogP contribution is 2.25. The van der Waals surface area contributed by atoms with E-state index >= 15 is 0 Å². The van der Waals surface area contributed by atoms with E-state index in [4.69, 9.17) is 10.1 Å². The fourth-order valence-corrected chi connectivity index (χ4v) is 3.59. The number of fused-ring (bicyclic) bond motifs is 1. The molecular formula is C21H26N6O. The van der Waals surface area contributed by atoms with Gasteiger partial charge in [-0.05, 0) is 31.4 Å². The minimum atomic E-state index is -0.00927. The standard InChI is InChI=1S/C21H26N6O/c1-13(2)10-19-22-20(27(24-19)17-7-6-14(3)11-15(17)4)16-12-18-21(28)25(5)8-9-26(18)23-16/h6-7,11-13H,8-10H2,1-5H3. The van der Waals surface area contributed by atoms with E-state index in [2.05, 4.69) is 51.0 Å². The van der Waals surface area contributed by atoms with Crippen LogP contribution in [-0.2, 0) is 13.0 Å². The highest BCUT2D eigenvalue weighted by molar-refractivity contribution is 5.94. The van der Waals surface area contributed by atoms with Crippen molar-refractivity contribution >= 4 is 5.91 Å². The fraction of sp³-hybridized carbons (Fsp3) is 0.429. The summed E-state index contributed by atoms with van der Waals surface area (Å²) in [6.07, 6.45) is 0.792. The lowest BCUT2D eigenvalue weighted by molar-refractivity contribution is 0.0743. The SMILES string of the molecule is Cc1ccc(-n2nc(CC(C)C)nc2-c2cc3n(n2)CCN(C)C3=O)c(C)c1. The highest BCUT2D eigenvalue weighted by atomic mass is 16.2. The summed E-state index contributed by atoms with van der Waals surface area (Å²) in [7, 11) is 1.82. The summed E-state index contributed by atoms with van der Waals surface area (Å²) in [5.74, 6) is 1.91. The summed E-state index contributed by atoms with van der Waals surface area (Å²) in [6, 6.07) is 8.12. The van der Waals surface area contributed by atoms with Gasteiger partial charge in [-0.1, -0.05) is 31.5 Å². The molecule has 0 fully saturated rings. The van der Waals surface area contributed by atoms with Crippen molar-refractivity contribution in [2.75, 3.05) is 13.6 Å². The molecule has 0 bridgehead atoms. The smallest absolute Gasteiger partial charge is 0.271 e. The molecule has 2 aromatic heterocycles. The molecule has 28 heavy (non-hydrogen) atoms. The maximum absolute atomic E-state index is 12.5. The summed E-state index contributed by atoms with van der Waals surface area (Å²) < 4.78 is 3.65. The van der Waals surface area contributed by atoms with Crippen LogP contribution in [0.5, 0.6) is 0 Å². The Kier molecular flexibility index (Phi) is 4.53. The van der Waals surface area contributed by atoms with Gasteiger partial charge in [-0.3, -0.25) is 9.48 Å².